The lowest BCUT2D eigenvalue weighted by Gasteiger charge is -2.18. The minimum Gasteiger partial charge on any atom is -0.435 e. The number of anilines is 1. The number of amides is 1. The third-order valence-electron chi connectivity index (χ3n) is 4.84. The Morgan fingerprint density at radius 3 is 2.48 bits per heavy atom. The molecule has 0 spiro atoms. The van der Waals surface area contributed by atoms with Crippen molar-refractivity contribution in [1.29, 1.82) is 0 Å². The molecule has 1 heterocycles. The highest BCUT2D eigenvalue weighted by molar-refractivity contribution is 7.89. The molecule has 0 aromatic heterocycles. The van der Waals surface area contributed by atoms with Gasteiger partial charge in [-0.15, -0.1) is 0 Å². The summed E-state index contributed by atoms with van der Waals surface area (Å²) in [6.45, 7) is -1.36. The molecule has 1 N–H and O–H groups in total. The second kappa shape index (κ2) is 10.2. The highest BCUT2D eigenvalue weighted by Gasteiger charge is 2.27. The van der Waals surface area contributed by atoms with Crippen molar-refractivity contribution in [2.24, 2.45) is 0 Å². The van der Waals surface area contributed by atoms with E-state index in [1.807, 2.05) is 0 Å². The number of nitrogens with zero attached hydrogens (tertiary/aromatic N) is 2. The molecular weight excluding hydrogens is 428 g/mol. The van der Waals surface area contributed by atoms with Crippen LogP contribution in [-0.4, -0.2) is 56.8 Å². The lowest BCUT2D eigenvalue weighted by atomic mass is 10.2. The molecule has 1 saturated heterocycles. The van der Waals surface area contributed by atoms with Crippen molar-refractivity contribution in [1.82, 2.24) is 9.21 Å². The zero-order valence-corrected chi connectivity index (χ0v) is 17.9. The van der Waals surface area contributed by atoms with Crippen LogP contribution in [0.3, 0.4) is 0 Å². The molecule has 0 atom stereocenters. The molecule has 0 bridgehead atoms. The van der Waals surface area contributed by atoms with Crippen LogP contribution in [0.25, 0.3) is 0 Å². The van der Waals surface area contributed by atoms with E-state index in [9.17, 15) is 22.0 Å². The Labute approximate surface area is 180 Å². The second-order valence-electron chi connectivity index (χ2n) is 7.38. The zero-order chi connectivity index (χ0) is 22.4. The number of halogens is 2. The predicted octanol–water partition coefficient (Wildman–Crippen LogP) is 3.14. The maximum atomic E-state index is 12.7. The normalized spacial score (nSPS) is 14.9. The molecule has 1 fully saturated rings. The van der Waals surface area contributed by atoms with Gasteiger partial charge in [-0.1, -0.05) is 18.2 Å². The number of ether oxygens (including phenoxy) is 1. The van der Waals surface area contributed by atoms with Crippen LogP contribution in [-0.2, 0) is 21.4 Å². The lowest BCUT2D eigenvalue weighted by Crippen LogP contribution is -2.30. The van der Waals surface area contributed by atoms with Gasteiger partial charge in [0.2, 0.25) is 15.9 Å². The summed E-state index contributed by atoms with van der Waals surface area (Å²) in [4.78, 5) is 14.3. The summed E-state index contributed by atoms with van der Waals surface area (Å²) in [6, 6.07) is 12.4. The van der Waals surface area contributed by atoms with Gasteiger partial charge >= 0.3 is 6.61 Å². The van der Waals surface area contributed by atoms with Gasteiger partial charge < -0.3 is 10.1 Å². The Morgan fingerprint density at radius 2 is 1.84 bits per heavy atom. The van der Waals surface area contributed by atoms with Crippen molar-refractivity contribution < 1.29 is 26.7 Å². The quantitative estimate of drug-likeness (QED) is 0.631. The highest BCUT2D eigenvalue weighted by atomic mass is 32.2. The van der Waals surface area contributed by atoms with Crippen molar-refractivity contribution in [2.75, 3.05) is 32.0 Å². The molecule has 1 amide bonds. The number of benzene rings is 2. The van der Waals surface area contributed by atoms with Gasteiger partial charge in [-0.25, -0.2) is 8.42 Å². The van der Waals surface area contributed by atoms with Gasteiger partial charge in [0.25, 0.3) is 0 Å². The maximum Gasteiger partial charge on any atom is 0.387 e. The standard InChI is InChI=1S/C21H25F2N3O4S/c1-25(14-16-7-9-18(10-8-16)30-21(22)23)15-20(27)24-17-5-4-6-19(13-17)31(28,29)26-11-2-3-12-26/h4-10,13,21H,2-3,11-12,14-15H2,1H3,(H,24,27). The molecule has 7 nitrogen and oxygen atoms in total. The number of sulfonamides is 1. The SMILES string of the molecule is CN(CC(=O)Nc1cccc(S(=O)(=O)N2CCCC2)c1)Cc1ccc(OC(F)F)cc1. The molecular formula is C21H25F2N3O4S. The first-order valence-electron chi connectivity index (χ1n) is 9.86. The largest absolute Gasteiger partial charge is 0.435 e. The smallest absolute Gasteiger partial charge is 0.387 e. The fourth-order valence-electron chi connectivity index (χ4n) is 3.40. The van der Waals surface area contributed by atoms with E-state index >= 15 is 0 Å². The summed E-state index contributed by atoms with van der Waals surface area (Å²) in [5.41, 5.74) is 1.24. The summed E-state index contributed by atoms with van der Waals surface area (Å²) in [5, 5.41) is 2.73. The summed E-state index contributed by atoms with van der Waals surface area (Å²) < 4.78 is 55.6. The van der Waals surface area contributed by atoms with E-state index in [2.05, 4.69) is 10.1 Å². The Bertz CT molecular complexity index is 994. The molecule has 0 saturated carbocycles. The molecule has 0 unspecified atom stereocenters. The van der Waals surface area contributed by atoms with Gasteiger partial charge in [-0.2, -0.15) is 13.1 Å². The first kappa shape index (κ1) is 23.1. The van der Waals surface area contributed by atoms with E-state index in [-0.39, 0.29) is 23.1 Å². The van der Waals surface area contributed by atoms with Gasteiger partial charge in [0, 0.05) is 25.3 Å². The molecule has 3 rings (SSSR count). The van der Waals surface area contributed by atoms with Crippen LogP contribution in [0.15, 0.2) is 53.4 Å². The number of likely N-dealkylation sites (N-methyl/N-ethyl adjacent to an activating group) is 1. The Kier molecular flexibility index (Phi) is 7.58. The monoisotopic (exact) mass is 453 g/mol. The van der Waals surface area contributed by atoms with Crippen LogP contribution in [0, 0.1) is 0 Å². The number of carbonyl (C=O) groups is 1. The topological polar surface area (TPSA) is 79.0 Å². The first-order valence-corrected chi connectivity index (χ1v) is 11.3. The number of rotatable bonds is 9. The predicted molar refractivity (Wildman–Crippen MR) is 112 cm³/mol. The van der Waals surface area contributed by atoms with Crippen molar-refractivity contribution in [3.8, 4) is 5.75 Å². The van der Waals surface area contributed by atoms with Crippen LogP contribution in [0.4, 0.5) is 14.5 Å². The molecule has 1 aliphatic heterocycles. The summed E-state index contributed by atoms with van der Waals surface area (Å²) in [6.07, 6.45) is 1.70. The number of carbonyl (C=O) groups excluding carboxylic acids is 1. The summed E-state index contributed by atoms with van der Waals surface area (Å²) in [7, 11) is -1.81. The number of nitrogens with one attached hydrogen (secondary N) is 1. The Balaban J connectivity index is 1.55. The summed E-state index contributed by atoms with van der Waals surface area (Å²) >= 11 is 0. The third kappa shape index (κ3) is 6.46. The van der Waals surface area contributed by atoms with Gasteiger partial charge in [-0.3, -0.25) is 9.69 Å². The molecule has 168 valence electrons. The van der Waals surface area contributed by atoms with E-state index in [1.165, 1.54) is 28.6 Å². The van der Waals surface area contributed by atoms with E-state index in [0.717, 1.165) is 18.4 Å². The fourth-order valence-corrected chi connectivity index (χ4v) is 4.96. The van der Waals surface area contributed by atoms with Crippen molar-refractivity contribution in [3.63, 3.8) is 0 Å². The van der Waals surface area contributed by atoms with Crippen LogP contribution >= 0.6 is 0 Å². The molecule has 10 heteroatoms. The third-order valence-corrected chi connectivity index (χ3v) is 6.73. The molecule has 1 aliphatic rings. The van der Waals surface area contributed by atoms with Crippen molar-refractivity contribution in [3.05, 3.63) is 54.1 Å². The minimum absolute atomic E-state index is 0.0678. The lowest BCUT2D eigenvalue weighted by molar-refractivity contribution is -0.117. The van der Waals surface area contributed by atoms with Gasteiger partial charge in [0.15, 0.2) is 0 Å². The van der Waals surface area contributed by atoms with Gasteiger partial charge in [0.05, 0.1) is 11.4 Å². The Hall–Kier alpha value is -2.56. The van der Waals surface area contributed by atoms with E-state index in [1.54, 1.807) is 36.2 Å². The second-order valence-corrected chi connectivity index (χ2v) is 9.32. The summed E-state index contributed by atoms with van der Waals surface area (Å²) in [5.74, 6) is -0.223. The highest BCUT2D eigenvalue weighted by Crippen LogP contribution is 2.23. The van der Waals surface area contributed by atoms with Crippen LogP contribution in [0.1, 0.15) is 18.4 Å². The number of hydrogen-bond acceptors (Lipinski definition) is 5. The Morgan fingerprint density at radius 1 is 1.16 bits per heavy atom. The molecule has 0 aliphatic carbocycles. The zero-order valence-electron chi connectivity index (χ0n) is 17.1. The van der Waals surface area contributed by atoms with Crippen molar-refractivity contribution >= 4 is 21.6 Å². The van der Waals surface area contributed by atoms with Gasteiger partial charge in [-0.05, 0) is 55.8 Å². The van der Waals surface area contributed by atoms with Crippen LogP contribution < -0.4 is 10.1 Å². The van der Waals surface area contributed by atoms with Crippen molar-refractivity contribution in [2.45, 2.75) is 30.9 Å². The van der Waals surface area contributed by atoms with E-state index in [0.29, 0.717) is 25.3 Å². The minimum atomic E-state index is -3.56. The first-order chi connectivity index (χ1) is 14.7. The van der Waals surface area contributed by atoms with Gasteiger partial charge in [0.1, 0.15) is 5.75 Å². The molecule has 0 radical (unpaired) electrons. The number of hydrogen-bond donors (Lipinski definition) is 1. The molecule has 2 aromatic carbocycles. The molecule has 31 heavy (non-hydrogen) atoms. The number of alkyl halides is 2. The van der Waals surface area contributed by atoms with E-state index in [4.69, 9.17) is 0 Å². The van der Waals surface area contributed by atoms with E-state index < -0.39 is 16.6 Å². The average Bonchev–Trinajstić information content (AvgIpc) is 3.25. The van der Waals surface area contributed by atoms with Crippen LogP contribution in [0.5, 0.6) is 5.75 Å². The molecule has 2 aromatic rings. The fraction of sp³-hybridized carbons (Fsp3) is 0.381. The maximum absolute atomic E-state index is 12.7. The van der Waals surface area contributed by atoms with Crippen LogP contribution in [0.2, 0.25) is 0 Å². The average molecular weight is 454 g/mol.